The standard InChI is InChI=1S/C14H9F3N2O/c15-7-1-2-11-12(6-7)19-14(20)13(11)18-10-4-8(16)3-9(17)5-10/h1-6,13,18H,(H,19,20). The number of amides is 1. The van der Waals surface area contributed by atoms with E-state index >= 15 is 0 Å². The molecule has 20 heavy (non-hydrogen) atoms. The molecular formula is C14H9F3N2O. The van der Waals surface area contributed by atoms with Crippen molar-refractivity contribution in [2.24, 2.45) is 0 Å². The van der Waals surface area contributed by atoms with Gasteiger partial charge in [0.05, 0.1) is 0 Å². The van der Waals surface area contributed by atoms with E-state index in [0.29, 0.717) is 11.3 Å². The Kier molecular flexibility index (Phi) is 2.85. The Morgan fingerprint density at radius 2 is 1.65 bits per heavy atom. The van der Waals surface area contributed by atoms with Gasteiger partial charge < -0.3 is 10.6 Å². The first-order chi connectivity index (χ1) is 9.52. The minimum Gasteiger partial charge on any atom is -0.370 e. The molecule has 1 atom stereocenters. The summed E-state index contributed by atoms with van der Waals surface area (Å²) in [5, 5.41) is 5.24. The highest BCUT2D eigenvalue weighted by atomic mass is 19.1. The molecule has 1 amide bonds. The molecule has 6 heteroatoms. The Bertz CT molecular complexity index is 683. The molecule has 0 bridgehead atoms. The SMILES string of the molecule is O=C1Nc2cc(F)ccc2C1Nc1cc(F)cc(F)c1. The van der Waals surface area contributed by atoms with Gasteiger partial charge in [-0.15, -0.1) is 0 Å². The average molecular weight is 278 g/mol. The highest BCUT2D eigenvalue weighted by Crippen LogP contribution is 2.33. The Hall–Kier alpha value is -2.50. The molecule has 102 valence electrons. The molecule has 1 unspecified atom stereocenters. The van der Waals surface area contributed by atoms with E-state index in [4.69, 9.17) is 0 Å². The van der Waals surface area contributed by atoms with Crippen LogP contribution < -0.4 is 10.6 Å². The molecule has 0 saturated carbocycles. The average Bonchev–Trinajstić information content (AvgIpc) is 2.64. The third kappa shape index (κ3) is 2.20. The summed E-state index contributed by atoms with van der Waals surface area (Å²) >= 11 is 0. The van der Waals surface area contributed by atoms with Crippen LogP contribution in [0.15, 0.2) is 36.4 Å². The summed E-state index contributed by atoms with van der Waals surface area (Å²) in [6.45, 7) is 0. The monoisotopic (exact) mass is 278 g/mol. The lowest BCUT2D eigenvalue weighted by molar-refractivity contribution is -0.116. The molecule has 0 fully saturated rings. The van der Waals surface area contributed by atoms with Gasteiger partial charge in [0.25, 0.3) is 5.91 Å². The van der Waals surface area contributed by atoms with Crippen LogP contribution in [-0.2, 0) is 4.79 Å². The highest BCUT2D eigenvalue weighted by Gasteiger charge is 2.30. The number of carbonyl (C=O) groups is 1. The molecule has 0 saturated heterocycles. The van der Waals surface area contributed by atoms with E-state index in [1.165, 1.54) is 18.2 Å². The Balaban J connectivity index is 1.94. The number of hydrogen-bond donors (Lipinski definition) is 2. The molecule has 0 spiro atoms. The second-order valence-corrected chi connectivity index (χ2v) is 4.46. The first-order valence-corrected chi connectivity index (χ1v) is 5.86. The highest BCUT2D eigenvalue weighted by molar-refractivity contribution is 6.04. The number of fused-ring (bicyclic) bond motifs is 1. The van der Waals surface area contributed by atoms with Gasteiger partial charge in [-0.1, -0.05) is 6.07 Å². The zero-order chi connectivity index (χ0) is 14.3. The number of benzene rings is 2. The number of carbonyl (C=O) groups excluding carboxylic acids is 1. The third-order valence-electron chi connectivity index (χ3n) is 3.02. The normalized spacial score (nSPS) is 16.8. The summed E-state index contributed by atoms with van der Waals surface area (Å²) in [6.07, 6.45) is 0. The van der Waals surface area contributed by atoms with Gasteiger partial charge >= 0.3 is 0 Å². The predicted molar refractivity (Wildman–Crippen MR) is 67.8 cm³/mol. The molecule has 1 aliphatic rings. The fraction of sp³-hybridized carbons (Fsp3) is 0.0714. The fourth-order valence-electron chi connectivity index (χ4n) is 2.18. The Morgan fingerprint density at radius 3 is 2.35 bits per heavy atom. The Labute approximate surface area is 112 Å². The van der Waals surface area contributed by atoms with E-state index in [-0.39, 0.29) is 5.69 Å². The van der Waals surface area contributed by atoms with Gasteiger partial charge in [0, 0.05) is 23.0 Å². The zero-order valence-electron chi connectivity index (χ0n) is 10.1. The van der Waals surface area contributed by atoms with Gasteiger partial charge in [-0.25, -0.2) is 13.2 Å². The van der Waals surface area contributed by atoms with Crippen LogP contribution in [0.3, 0.4) is 0 Å². The van der Waals surface area contributed by atoms with Crippen LogP contribution in [0, 0.1) is 17.5 Å². The second kappa shape index (κ2) is 4.56. The zero-order valence-corrected chi connectivity index (χ0v) is 10.1. The summed E-state index contributed by atoms with van der Waals surface area (Å²) in [7, 11) is 0. The predicted octanol–water partition coefficient (Wildman–Crippen LogP) is 3.21. The molecule has 1 heterocycles. The molecule has 0 aliphatic carbocycles. The second-order valence-electron chi connectivity index (χ2n) is 4.46. The maximum Gasteiger partial charge on any atom is 0.251 e. The van der Waals surface area contributed by atoms with Crippen LogP contribution in [-0.4, -0.2) is 5.91 Å². The van der Waals surface area contributed by atoms with Crippen LogP contribution in [0.4, 0.5) is 24.5 Å². The minimum absolute atomic E-state index is 0.139. The number of anilines is 2. The lowest BCUT2D eigenvalue weighted by Crippen LogP contribution is -2.19. The van der Waals surface area contributed by atoms with Gasteiger partial charge in [0.15, 0.2) is 0 Å². The molecule has 3 rings (SSSR count). The first-order valence-electron chi connectivity index (χ1n) is 5.86. The third-order valence-corrected chi connectivity index (χ3v) is 3.02. The molecule has 0 radical (unpaired) electrons. The molecular weight excluding hydrogens is 269 g/mol. The molecule has 3 nitrogen and oxygen atoms in total. The van der Waals surface area contributed by atoms with Crippen molar-refractivity contribution in [1.82, 2.24) is 0 Å². The number of hydrogen-bond acceptors (Lipinski definition) is 2. The summed E-state index contributed by atoms with van der Waals surface area (Å²) in [5.74, 6) is -2.37. The van der Waals surface area contributed by atoms with Crippen LogP contribution in [0.5, 0.6) is 0 Å². The summed E-state index contributed by atoms with van der Waals surface area (Å²) in [6, 6.07) is 5.96. The van der Waals surface area contributed by atoms with E-state index in [1.807, 2.05) is 0 Å². The maximum atomic E-state index is 13.1. The summed E-state index contributed by atoms with van der Waals surface area (Å²) < 4.78 is 39.3. The molecule has 2 N–H and O–H groups in total. The van der Waals surface area contributed by atoms with E-state index in [0.717, 1.165) is 18.2 Å². The lowest BCUT2D eigenvalue weighted by Gasteiger charge is -2.13. The largest absolute Gasteiger partial charge is 0.370 e. The van der Waals surface area contributed by atoms with Crippen molar-refractivity contribution in [3.05, 3.63) is 59.4 Å². The van der Waals surface area contributed by atoms with Gasteiger partial charge in [-0.05, 0) is 24.3 Å². The smallest absolute Gasteiger partial charge is 0.251 e. The van der Waals surface area contributed by atoms with Crippen LogP contribution in [0.1, 0.15) is 11.6 Å². The van der Waals surface area contributed by atoms with Crippen molar-refractivity contribution >= 4 is 17.3 Å². The van der Waals surface area contributed by atoms with E-state index in [1.54, 1.807) is 0 Å². The molecule has 1 aliphatic heterocycles. The van der Waals surface area contributed by atoms with Gasteiger partial charge in [-0.2, -0.15) is 0 Å². The van der Waals surface area contributed by atoms with Crippen LogP contribution >= 0.6 is 0 Å². The van der Waals surface area contributed by atoms with Crippen LogP contribution in [0.25, 0.3) is 0 Å². The fourth-order valence-corrected chi connectivity index (χ4v) is 2.18. The minimum atomic E-state index is -0.813. The van der Waals surface area contributed by atoms with Gasteiger partial charge in [0.1, 0.15) is 23.5 Å². The van der Waals surface area contributed by atoms with Crippen molar-refractivity contribution in [1.29, 1.82) is 0 Å². The number of nitrogens with one attached hydrogen (secondary N) is 2. The first kappa shape index (κ1) is 12.5. The topological polar surface area (TPSA) is 41.1 Å². The van der Waals surface area contributed by atoms with Crippen molar-refractivity contribution in [2.45, 2.75) is 6.04 Å². The Morgan fingerprint density at radius 1 is 0.950 bits per heavy atom. The van der Waals surface area contributed by atoms with Crippen molar-refractivity contribution in [2.75, 3.05) is 10.6 Å². The van der Waals surface area contributed by atoms with E-state index in [9.17, 15) is 18.0 Å². The van der Waals surface area contributed by atoms with Crippen LogP contribution in [0.2, 0.25) is 0 Å². The number of halogens is 3. The summed E-state index contributed by atoms with van der Waals surface area (Å²) in [4.78, 5) is 11.8. The molecule has 2 aromatic carbocycles. The van der Waals surface area contributed by atoms with Crippen molar-refractivity contribution in [3.63, 3.8) is 0 Å². The summed E-state index contributed by atoms with van der Waals surface area (Å²) in [5.41, 5.74) is 1.02. The van der Waals surface area contributed by atoms with E-state index < -0.39 is 29.4 Å². The quantitative estimate of drug-likeness (QED) is 0.885. The van der Waals surface area contributed by atoms with Gasteiger partial charge in [-0.3, -0.25) is 4.79 Å². The lowest BCUT2D eigenvalue weighted by atomic mass is 10.1. The van der Waals surface area contributed by atoms with E-state index in [2.05, 4.69) is 10.6 Å². The molecule has 0 aromatic heterocycles. The van der Waals surface area contributed by atoms with Gasteiger partial charge in [0.2, 0.25) is 0 Å². The van der Waals surface area contributed by atoms with Crippen molar-refractivity contribution in [3.8, 4) is 0 Å². The maximum absolute atomic E-state index is 13.1. The molecule has 2 aromatic rings. The number of rotatable bonds is 2. The van der Waals surface area contributed by atoms with Crippen molar-refractivity contribution < 1.29 is 18.0 Å².